The first kappa shape index (κ1) is 16.9. The van der Waals surface area contributed by atoms with Crippen LogP contribution in [0, 0.1) is 0 Å². The Morgan fingerprint density at radius 2 is 1.42 bits per heavy atom. The number of carbonyl (C=O) groups excluding carboxylic acids is 3. The van der Waals surface area contributed by atoms with Crippen molar-refractivity contribution >= 4 is 17.9 Å². The van der Waals surface area contributed by atoms with Crippen molar-refractivity contribution in [1.82, 2.24) is 5.32 Å². The molecule has 19 heavy (non-hydrogen) atoms. The predicted octanol–water partition coefficient (Wildman–Crippen LogP) is 0.148. The number of hydrogen-bond acceptors (Lipinski definition) is 7. The number of carbonyl (C=O) groups is 3. The van der Waals surface area contributed by atoms with Gasteiger partial charge in [-0.1, -0.05) is 0 Å². The summed E-state index contributed by atoms with van der Waals surface area (Å²) in [5, 5.41) is 2.45. The molecule has 0 rings (SSSR count). The molecular weight excluding hydrogens is 254 g/mol. The highest BCUT2D eigenvalue weighted by Gasteiger charge is 2.28. The second-order valence-electron chi connectivity index (χ2n) is 3.19. The molecule has 0 spiro atoms. The summed E-state index contributed by atoms with van der Waals surface area (Å²) in [4.78, 5) is 34.1. The minimum absolute atomic E-state index is 0.137. The van der Waals surface area contributed by atoms with E-state index in [0.717, 1.165) is 12.3 Å². The fraction of sp³-hybridized carbons (Fsp3) is 0.583. The molecule has 0 bridgehead atoms. The summed E-state index contributed by atoms with van der Waals surface area (Å²) in [5.41, 5.74) is 0. The van der Waals surface area contributed by atoms with Crippen LogP contribution in [0.25, 0.3) is 0 Å². The van der Waals surface area contributed by atoms with E-state index in [1.54, 1.807) is 20.8 Å². The summed E-state index contributed by atoms with van der Waals surface area (Å²) in [7, 11) is 0. The number of rotatable bonds is 8. The van der Waals surface area contributed by atoms with Gasteiger partial charge in [0.25, 0.3) is 0 Å². The molecule has 0 fully saturated rings. The average molecular weight is 273 g/mol. The lowest BCUT2D eigenvalue weighted by molar-refractivity contribution is -0.157. The predicted molar refractivity (Wildman–Crippen MR) is 66.0 cm³/mol. The van der Waals surface area contributed by atoms with Crippen LogP contribution in [0.2, 0.25) is 0 Å². The van der Waals surface area contributed by atoms with E-state index in [2.05, 4.69) is 10.1 Å². The Bertz CT molecular complexity index is 321. The fourth-order valence-corrected chi connectivity index (χ4v) is 1.09. The highest BCUT2D eigenvalue weighted by Crippen LogP contribution is 1.95. The smallest absolute Gasteiger partial charge is 0.340 e. The van der Waals surface area contributed by atoms with Crippen LogP contribution in [-0.2, 0) is 28.6 Å². The third-order valence-corrected chi connectivity index (χ3v) is 1.81. The van der Waals surface area contributed by atoms with Crippen LogP contribution in [0.4, 0.5) is 0 Å². The SMILES string of the molecule is CCOC(=O)/C=C/NC(C(=O)OCC)C(=O)OCC. The van der Waals surface area contributed by atoms with Gasteiger partial charge in [0, 0.05) is 12.3 Å². The molecule has 108 valence electrons. The molecule has 0 aromatic heterocycles. The Morgan fingerprint density at radius 3 is 1.84 bits per heavy atom. The van der Waals surface area contributed by atoms with Gasteiger partial charge in [0.2, 0.25) is 6.04 Å². The van der Waals surface area contributed by atoms with Crippen LogP contribution in [0.1, 0.15) is 20.8 Å². The van der Waals surface area contributed by atoms with E-state index < -0.39 is 23.9 Å². The van der Waals surface area contributed by atoms with Crippen molar-refractivity contribution in [1.29, 1.82) is 0 Å². The van der Waals surface area contributed by atoms with E-state index in [1.807, 2.05) is 0 Å². The van der Waals surface area contributed by atoms with E-state index in [9.17, 15) is 14.4 Å². The van der Waals surface area contributed by atoms with E-state index in [1.165, 1.54) is 0 Å². The molecule has 1 N–H and O–H groups in total. The summed E-state index contributed by atoms with van der Waals surface area (Å²) in [6.07, 6.45) is 2.21. The average Bonchev–Trinajstić information content (AvgIpc) is 2.35. The first-order chi connectivity index (χ1) is 9.06. The standard InChI is InChI=1S/C12H19NO6/c1-4-17-9(14)7-8-13-10(11(15)18-5-2)12(16)19-6-3/h7-8,10,13H,4-6H2,1-3H3/b8-7+. The number of esters is 3. The Balaban J connectivity index is 4.54. The lowest BCUT2D eigenvalue weighted by Crippen LogP contribution is -2.43. The van der Waals surface area contributed by atoms with Crippen LogP contribution in [-0.4, -0.2) is 43.8 Å². The number of hydrogen-bond donors (Lipinski definition) is 1. The molecule has 0 atom stereocenters. The van der Waals surface area contributed by atoms with Gasteiger partial charge in [-0.05, 0) is 20.8 Å². The van der Waals surface area contributed by atoms with Gasteiger partial charge in [-0.3, -0.25) is 0 Å². The monoisotopic (exact) mass is 273 g/mol. The van der Waals surface area contributed by atoms with Crippen molar-refractivity contribution in [2.75, 3.05) is 19.8 Å². The molecule has 0 saturated heterocycles. The molecule has 0 aliphatic rings. The third-order valence-electron chi connectivity index (χ3n) is 1.81. The highest BCUT2D eigenvalue weighted by atomic mass is 16.6. The van der Waals surface area contributed by atoms with Gasteiger partial charge in [-0.2, -0.15) is 0 Å². The second kappa shape index (κ2) is 9.93. The summed E-state index contributed by atoms with van der Waals surface area (Å²) in [6, 6.07) is -1.30. The van der Waals surface area contributed by atoms with Crippen molar-refractivity contribution in [3.8, 4) is 0 Å². The van der Waals surface area contributed by atoms with Crippen LogP contribution in [0.15, 0.2) is 12.3 Å². The number of nitrogens with one attached hydrogen (secondary N) is 1. The first-order valence-corrected chi connectivity index (χ1v) is 5.99. The molecule has 0 unspecified atom stereocenters. The molecule has 0 aromatic rings. The van der Waals surface area contributed by atoms with Gasteiger partial charge < -0.3 is 19.5 Å². The zero-order valence-electron chi connectivity index (χ0n) is 11.3. The Kier molecular flexibility index (Phi) is 8.86. The molecule has 0 amide bonds. The van der Waals surface area contributed by atoms with Gasteiger partial charge >= 0.3 is 17.9 Å². The number of ether oxygens (including phenoxy) is 3. The van der Waals surface area contributed by atoms with Crippen LogP contribution >= 0.6 is 0 Å². The Morgan fingerprint density at radius 1 is 0.947 bits per heavy atom. The molecule has 0 aliphatic carbocycles. The summed E-state index contributed by atoms with van der Waals surface area (Å²) < 4.78 is 14.1. The van der Waals surface area contributed by atoms with Crippen LogP contribution in [0.5, 0.6) is 0 Å². The molecule has 7 heteroatoms. The zero-order chi connectivity index (χ0) is 14.7. The Hall–Kier alpha value is -2.05. The lowest BCUT2D eigenvalue weighted by Gasteiger charge is -2.14. The third kappa shape index (κ3) is 7.07. The minimum atomic E-state index is -1.30. The van der Waals surface area contributed by atoms with Crippen molar-refractivity contribution < 1.29 is 28.6 Å². The molecule has 0 saturated carbocycles. The minimum Gasteiger partial charge on any atom is -0.464 e. The van der Waals surface area contributed by atoms with E-state index in [-0.39, 0.29) is 19.8 Å². The summed E-state index contributed by atoms with van der Waals surface area (Å²) in [5.74, 6) is -2.12. The summed E-state index contributed by atoms with van der Waals surface area (Å²) >= 11 is 0. The van der Waals surface area contributed by atoms with E-state index in [0.29, 0.717) is 0 Å². The lowest BCUT2D eigenvalue weighted by atomic mass is 10.3. The summed E-state index contributed by atoms with van der Waals surface area (Å²) in [6.45, 7) is 5.42. The van der Waals surface area contributed by atoms with Gasteiger partial charge in [0.05, 0.1) is 19.8 Å². The van der Waals surface area contributed by atoms with Gasteiger partial charge in [-0.25, -0.2) is 14.4 Å². The molecule has 7 nitrogen and oxygen atoms in total. The normalized spacial score (nSPS) is 10.3. The maximum absolute atomic E-state index is 11.5. The molecular formula is C12H19NO6. The first-order valence-electron chi connectivity index (χ1n) is 5.99. The van der Waals surface area contributed by atoms with Crippen molar-refractivity contribution in [3.05, 3.63) is 12.3 Å². The molecule has 0 aliphatic heterocycles. The maximum Gasteiger partial charge on any atom is 0.340 e. The van der Waals surface area contributed by atoms with Crippen molar-refractivity contribution in [2.45, 2.75) is 26.8 Å². The topological polar surface area (TPSA) is 90.9 Å². The zero-order valence-corrected chi connectivity index (χ0v) is 11.3. The van der Waals surface area contributed by atoms with E-state index >= 15 is 0 Å². The van der Waals surface area contributed by atoms with E-state index in [4.69, 9.17) is 9.47 Å². The quantitative estimate of drug-likeness (QED) is 0.291. The van der Waals surface area contributed by atoms with Gasteiger partial charge in [-0.15, -0.1) is 0 Å². The van der Waals surface area contributed by atoms with Gasteiger partial charge in [0.15, 0.2) is 0 Å². The Labute approximate surface area is 111 Å². The highest BCUT2D eigenvalue weighted by molar-refractivity contribution is 5.99. The van der Waals surface area contributed by atoms with Gasteiger partial charge in [0.1, 0.15) is 0 Å². The maximum atomic E-state index is 11.5. The largest absolute Gasteiger partial charge is 0.464 e. The van der Waals surface area contributed by atoms with Crippen molar-refractivity contribution in [2.24, 2.45) is 0 Å². The fourth-order valence-electron chi connectivity index (χ4n) is 1.09. The van der Waals surface area contributed by atoms with Crippen LogP contribution < -0.4 is 5.32 Å². The molecule has 0 aromatic carbocycles. The molecule has 0 radical (unpaired) electrons. The molecule has 0 heterocycles. The van der Waals surface area contributed by atoms with Crippen molar-refractivity contribution in [3.63, 3.8) is 0 Å². The van der Waals surface area contributed by atoms with Crippen LogP contribution in [0.3, 0.4) is 0 Å². The second-order valence-corrected chi connectivity index (χ2v) is 3.19.